The Morgan fingerprint density at radius 3 is 2.48 bits per heavy atom. The molecule has 0 unspecified atom stereocenters. The van der Waals surface area contributed by atoms with Crippen molar-refractivity contribution in [2.45, 2.75) is 43.8 Å². The topological polar surface area (TPSA) is 37.8 Å². The van der Waals surface area contributed by atoms with Gasteiger partial charge in [0.1, 0.15) is 0 Å². The van der Waals surface area contributed by atoms with Crippen molar-refractivity contribution in [2.24, 2.45) is 0 Å². The fourth-order valence-corrected chi connectivity index (χ4v) is 3.55. The van der Waals surface area contributed by atoms with Gasteiger partial charge in [-0.1, -0.05) is 28.9 Å². The molecule has 1 aromatic carbocycles. The minimum Gasteiger partial charge on any atom is -0.313 e. The molecular weight excluding hydrogens is 346 g/mol. The third-order valence-electron chi connectivity index (χ3n) is 2.94. The monoisotopic (exact) mass is 365 g/mol. The van der Waals surface area contributed by atoms with Gasteiger partial charge in [0, 0.05) is 27.3 Å². The van der Waals surface area contributed by atoms with Gasteiger partial charge in [0.15, 0.2) is 5.16 Å². The van der Waals surface area contributed by atoms with Gasteiger partial charge >= 0.3 is 0 Å². The Balaban J connectivity index is 2.09. The van der Waals surface area contributed by atoms with Crippen molar-refractivity contribution in [3.05, 3.63) is 45.7 Å². The van der Waals surface area contributed by atoms with Crippen LogP contribution in [0.2, 0.25) is 0 Å². The average molecular weight is 366 g/mol. The maximum atomic E-state index is 4.47. The fraction of sp³-hybridized carbons (Fsp3) is 0.375. The van der Waals surface area contributed by atoms with Crippen LogP contribution in [0.4, 0.5) is 0 Å². The van der Waals surface area contributed by atoms with Crippen molar-refractivity contribution in [1.29, 1.82) is 0 Å². The van der Waals surface area contributed by atoms with Crippen LogP contribution < -0.4 is 5.32 Å². The molecule has 0 aliphatic rings. The van der Waals surface area contributed by atoms with E-state index < -0.39 is 0 Å². The number of nitrogens with one attached hydrogen (secondary N) is 1. The Labute approximate surface area is 139 Å². The maximum absolute atomic E-state index is 4.47. The molecule has 21 heavy (non-hydrogen) atoms. The van der Waals surface area contributed by atoms with E-state index >= 15 is 0 Å². The molecule has 3 nitrogen and oxygen atoms in total. The van der Waals surface area contributed by atoms with E-state index in [1.165, 1.54) is 5.56 Å². The highest BCUT2D eigenvalue weighted by Gasteiger charge is 2.06. The second-order valence-corrected chi connectivity index (χ2v) is 6.86. The Morgan fingerprint density at radius 2 is 1.86 bits per heavy atom. The number of rotatable bonds is 6. The van der Waals surface area contributed by atoms with E-state index in [0.29, 0.717) is 0 Å². The molecule has 0 bridgehead atoms. The molecule has 1 heterocycles. The molecule has 0 spiro atoms. The van der Waals surface area contributed by atoms with Crippen molar-refractivity contribution in [2.75, 3.05) is 6.54 Å². The molecule has 2 rings (SSSR count). The minimum atomic E-state index is 0.802. The first-order valence-corrected chi connectivity index (χ1v) is 8.68. The van der Waals surface area contributed by atoms with Gasteiger partial charge in [0.05, 0.1) is 0 Å². The van der Waals surface area contributed by atoms with Crippen molar-refractivity contribution in [1.82, 2.24) is 15.3 Å². The first-order chi connectivity index (χ1) is 10.1. The summed E-state index contributed by atoms with van der Waals surface area (Å²) in [6.07, 6.45) is 1.15. The lowest BCUT2D eigenvalue weighted by Crippen LogP contribution is -2.14. The second kappa shape index (κ2) is 7.92. The summed E-state index contributed by atoms with van der Waals surface area (Å²) in [7, 11) is 0. The summed E-state index contributed by atoms with van der Waals surface area (Å²) < 4.78 is 1.13. The van der Waals surface area contributed by atoms with Crippen LogP contribution in [-0.2, 0) is 6.54 Å². The zero-order valence-corrected chi connectivity index (χ0v) is 15.0. The first-order valence-electron chi connectivity index (χ1n) is 7.07. The van der Waals surface area contributed by atoms with Gasteiger partial charge in [-0.25, -0.2) is 9.97 Å². The summed E-state index contributed by atoms with van der Waals surface area (Å²) >= 11 is 5.24. The highest BCUT2D eigenvalue weighted by molar-refractivity contribution is 9.10. The molecule has 2 aromatic rings. The third-order valence-corrected chi connectivity index (χ3v) is 4.53. The lowest BCUT2D eigenvalue weighted by atomic mass is 10.2. The largest absolute Gasteiger partial charge is 0.313 e. The van der Waals surface area contributed by atoms with E-state index in [2.05, 4.69) is 56.3 Å². The fourth-order valence-electron chi connectivity index (χ4n) is 1.98. The van der Waals surface area contributed by atoms with Crippen molar-refractivity contribution in [3.8, 4) is 0 Å². The SMILES string of the molecule is CCCNCc1ccc(Sc2nc(C)cc(C)n2)cc1Br. The highest BCUT2D eigenvalue weighted by Crippen LogP contribution is 2.29. The molecule has 0 radical (unpaired) electrons. The Morgan fingerprint density at radius 1 is 1.14 bits per heavy atom. The van der Waals surface area contributed by atoms with Crippen molar-refractivity contribution >= 4 is 27.7 Å². The quantitative estimate of drug-likeness (QED) is 0.603. The first kappa shape index (κ1) is 16.5. The number of hydrogen-bond donors (Lipinski definition) is 1. The number of aromatic nitrogens is 2. The molecule has 1 aromatic heterocycles. The second-order valence-electron chi connectivity index (χ2n) is 4.97. The molecule has 0 atom stereocenters. The lowest BCUT2D eigenvalue weighted by Gasteiger charge is -2.08. The Kier molecular flexibility index (Phi) is 6.21. The maximum Gasteiger partial charge on any atom is 0.192 e. The molecule has 0 amide bonds. The van der Waals surface area contributed by atoms with Gasteiger partial charge in [0.2, 0.25) is 0 Å². The average Bonchev–Trinajstić information content (AvgIpc) is 2.40. The summed E-state index contributed by atoms with van der Waals surface area (Å²) in [6.45, 7) is 8.10. The molecular formula is C16H20BrN3S. The zero-order chi connectivity index (χ0) is 15.2. The van der Waals surface area contributed by atoms with Gasteiger partial charge < -0.3 is 5.32 Å². The molecule has 1 N–H and O–H groups in total. The lowest BCUT2D eigenvalue weighted by molar-refractivity contribution is 0.673. The predicted octanol–water partition coefficient (Wildman–Crippen LogP) is 4.51. The smallest absolute Gasteiger partial charge is 0.192 e. The number of halogens is 1. The summed E-state index contributed by atoms with van der Waals surface area (Å²) in [4.78, 5) is 10.1. The van der Waals surface area contributed by atoms with Crippen LogP contribution in [0.5, 0.6) is 0 Å². The van der Waals surface area contributed by atoms with Crippen molar-refractivity contribution < 1.29 is 0 Å². The normalized spacial score (nSPS) is 10.9. The van der Waals surface area contributed by atoms with Crippen LogP contribution >= 0.6 is 27.7 Å². The van der Waals surface area contributed by atoms with Gasteiger partial charge in [-0.3, -0.25) is 0 Å². The summed E-state index contributed by atoms with van der Waals surface area (Å²) in [5.41, 5.74) is 3.28. The Bertz CT molecular complexity index is 596. The van der Waals surface area contributed by atoms with E-state index in [1.807, 2.05) is 19.9 Å². The standard InChI is InChI=1S/C16H20BrN3S/c1-4-7-18-10-13-5-6-14(9-15(13)17)21-16-19-11(2)8-12(3)20-16/h5-6,8-9,18H,4,7,10H2,1-3H3. The molecule has 0 aliphatic heterocycles. The Hall–Kier alpha value is -0.910. The molecule has 0 saturated heterocycles. The number of hydrogen-bond acceptors (Lipinski definition) is 4. The molecule has 0 saturated carbocycles. The van der Waals surface area contributed by atoms with Crippen LogP contribution in [0.3, 0.4) is 0 Å². The van der Waals surface area contributed by atoms with Gasteiger partial charge in [-0.2, -0.15) is 0 Å². The zero-order valence-electron chi connectivity index (χ0n) is 12.6. The molecule has 5 heteroatoms. The van der Waals surface area contributed by atoms with Gasteiger partial charge in [-0.15, -0.1) is 0 Å². The van der Waals surface area contributed by atoms with Gasteiger partial charge in [0.25, 0.3) is 0 Å². The van der Waals surface area contributed by atoms with Gasteiger partial charge in [-0.05, 0) is 62.3 Å². The van der Waals surface area contributed by atoms with E-state index in [0.717, 1.165) is 45.4 Å². The highest BCUT2D eigenvalue weighted by atomic mass is 79.9. The predicted molar refractivity (Wildman–Crippen MR) is 91.8 cm³/mol. The van der Waals surface area contributed by atoms with E-state index in [9.17, 15) is 0 Å². The van der Waals surface area contributed by atoms with E-state index in [4.69, 9.17) is 0 Å². The van der Waals surface area contributed by atoms with Crippen LogP contribution in [0.25, 0.3) is 0 Å². The summed E-state index contributed by atoms with van der Waals surface area (Å²) in [5, 5.41) is 4.22. The van der Waals surface area contributed by atoms with E-state index in [1.54, 1.807) is 11.8 Å². The summed E-state index contributed by atoms with van der Waals surface area (Å²) in [6, 6.07) is 8.40. The number of nitrogens with zero attached hydrogens (tertiary/aromatic N) is 2. The minimum absolute atomic E-state index is 0.802. The number of benzene rings is 1. The molecule has 0 fully saturated rings. The van der Waals surface area contributed by atoms with Crippen molar-refractivity contribution in [3.63, 3.8) is 0 Å². The third kappa shape index (κ3) is 5.09. The van der Waals surface area contributed by atoms with Crippen LogP contribution in [-0.4, -0.2) is 16.5 Å². The van der Waals surface area contributed by atoms with Crippen LogP contribution in [0.1, 0.15) is 30.3 Å². The van der Waals surface area contributed by atoms with Crippen LogP contribution in [0.15, 0.2) is 38.8 Å². The number of aryl methyl sites for hydroxylation is 2. The molecule has 112 valence electrons. The molecule has 0 aliphatic carbocycles. The summed E-state index contributed by atoms with van der Waals surface area (Å²) in [5.74, 6) is 0. The van der Waals surface area contributed by atoms with Crippen LogP contribution in [0, 0.1) is 13.8 Å². The van der Waals surface area contributed by atoms with E-state index in [-0.39, 0.29) is 0 Å².